The summed E-state index contributed by atoms with van der Waals surface area (Å²) < 4.78 is 7.47. The third kappa shape index (κ3) is 4.06. The maximum absolute atomic E-state index is 12.8. The van der Waals surface area contributed by atoms with Gasteiger partial charge in [0.2, 0.25) is 5.91 Å². The average molecular weight is 457 g/mol. The summed E-state index contributed by atoms with van der Waals surface area (Å²) in [6.07, 6.45) is 0. The summed E-state index contributed by atoms with van der Waals surface area (Å²) in [6, 6.07) is -0.635. The number of carbonyl (C=O) groups excluding carboxylic acids is 3. The molecule has 0 aliphatic rings. The number of primary amides is 1. The molecule has 146 valence electrons. The maximum Gasteiger partial charge on any atom is 0.341 e. The number of aryl methyl sites for hydroxylation is 1. The zero-order valence-corrected chi connectivity index (χ0v) is 18.1. The topological polar surface area (TPSA) is 116 Å². The molecule has 0 aromatic carbocycles. The van der Waals surface area contributed by atoms with Gasteiger partial charge in [-0.2, -0.15) is 5.10 Å². The Balaban J connectivity index is 2.39. The van der Waals surface area contributed by atoms with Crippen LogP contribution in [0.15, 0.2) is 4.47 Å². The van der Waals surface area contributed by atoms with Crippen LogP contribution in [-0.4, -0.2) is 34.2 Å². The van der Waals surface area contributed by atoms with E-state index in [1.54, 1.807) is 25.5 Å². The van der Waals surface area contributed by atoms with Gasteiger partial charge >= 0.3 is 5.97 Å². The fourth-order valence-electron chi connectivity index (χ4n) is 2.63. The highest BCUT2D eigenvalue weighted by Crippen LogP contribution is 2.34. The number of carbonyl (C=O) groups is 3. The molecule has 0 fully saturated rings. The first-order valence-corrected chi connectivity index (χ1v) is 9.83. The van der Waals surface area contributed by atoms with E-state index in [-0.39, 0.29) is 28.0 Å². The number of nitrogens with two attached hydrogens (primary N) is 1. The van der Waals surface area contributed by atoms with Gasteiger partial charge in [-0.3, -0.25) is 14.3 Å². The van der Waals surface area contributed by atoms with Crippen LogP contribution < -0.4 is 11.1 Å². The normalized spacial score (nSPS) is 11.9. The molecule has 2 rings (SSSR count). The van der Waals surface area contributed by atoms with E-state index in [1.807, 2.05) is 13.8 Å². The second-order valence-electron chi connectivity index (χ2n) is 5.94. The van der Waals surface area contributed by atoms with Crippen LogP contribution in [0.5, 0.6) is 0 Å². The van der Waals surface area contributed by atoms with Gasteiger partial charge in [0.15, 0.2) is 0 Å². The number of hydrogen-bond acceptors (Lipinski definition) is 6. The summed E-state index contributed by atoms with van der Waals surface area (Å²) in [5.41, 5.74) is 7.49. The number of thiophene rings is 1. The highest BCUT2D eigenvalue weighted by atomic mass is 79.9. The fourth-order valence-corrected chi connectivity index (χ4v) is 3.94. The summed E-state index contributed by atoms with van der Waals surface area (Å²) in [7, 11) is 0. The second kappa shape index (κ2) is 8.22. The molecule has 2 heterocycles. The Kier molecular flexibility index (Phi) is 6.42. The minimum absolute atomic E-state index is 0.144. The van der Waals surface area contributed by atoms with E-state index in [4.69, 9.17) is 10.5 Å². The van der Waals surface area contributed by atoms with Gasteiger partial charge in [0.25, 0.3) is 5.91 Å². The summed E-state index contributed by atoms with van der Waals surface area (Å²) in [5, 5.41) is 7.31. The van der Waals surface area contributed by atoms with E-state index in [0.29, 0.717) is 5.56 Å². The highest BCUT2D eigenvalue weighted by Gasteiger charge is 2.28. The monoisotopic (exact) mass is 456 g/mol. The van der Waals surface area contributed by atoms with E-state index in [2.05, 4.69) is 26.3 Å². The zero-order chi connectivity index (χ0) is 20.5. The lowest BCUT2D eigenvalue weighted by molar-refractivity contribution is -0.119. The van der Waals surface area contributed by atoms with Crippen LogP contribution in [-0.2, 0) is 9.53 Å². The Morgan fingerprint density at radius 2 is 1.96 bits per heavy atom. The third-order valence-corrected chi connectivity index (χ3v) is 6.44. The maximum atomic E-state index is 12.8. The first-order valence-electron chi connectivity index (χ1n) is 8.22. The van der Waals surface area contributed by atoms with Crippen LogP contribution in [0.2, 0.25) is 0 Å². The number of ether oxygens (including phenoxy) is 1. The number of halogens is 1. The van der Waals surface area contributed by atoms with E-state index < -0.39 is 17.9 Å². The van der Waals surface area contributed by atoms with Crippen LogP contribution in [0, 0.1) is 20.8 Å². The Bertz CT molecular complexity index is 919. The molecule has 3 N–H and O–H groups in total. The second-order valence-corrected chi connectivity index (χ2v) is 7.75. The number of aromatic nitrogens is 2. The molecule has 2 aromatic rings. The molecule has 2 aromatic heterocycles. The molecule has 10 heteroatoms. The molecule has 0 saturated heterocycles. The SMILES string of the molecule is CCOC(=O)c1c(NC(=O)C(C)n2nc(C)c(Br)c2C)sc(C(N)=O)c1C. The van der Waals surface area contributed by atoms with Gasteiger partial charge in [0.05, 0.1) is 32.9 Å². The Morgan fingerprint density at radius 3 is 2.44 bits per heavy atom. The molecule has 0 spiro atoms. The molecule has 0 aliphatic carbocycles. The Morgan fingerprint density at radius 1 is 1.33 bits per heavy atom. The number of nitrogens with zero attached hydrogens (tertiary/aromatic N) is 2. The quantitative estimate of drug-likeness (QED) is 0.647. The minimum Gasteiger partial charge on any atom is -0.462 e. The summed E-state index contributed by atoms with van der Waals surface area (Å²) in [4.78, 5) is 36.9. The van der Waals surface area contributed by atoms with Crippen molar-refractivity contribution in [3.63, 3.8) is 0 Å². The first-order chi connectivity index (χ1) is 12.6. The van der Waals surface area contributed by atoms with Crippen molar-refractivity contribution < 1.29 is 19.1 Å². The average Bonchev–Trinajstić information content (AvgIpc) is 3.06. The lowest BCUT2D eigenvalue weighted by Gasteiger charge is -2.14. The van der Waals surface area contributed by atoms with Gasteiger partial charge in [-0.05, 0) is 56.1 Å². The van der Waals surface area contributed by atoms with Crippen molar-refractivity contribution in [2.45, 2.75) is 40.7 Å². The first kappa shape index (κ1) is 21.1. The van der Waals surface area contributed by atoms with Crippen molar-refractivity contribution in [1.82, 2.24) is 9.78 Å². The van der Waals surface area contributed by atoms with Gasteiger partial charge in [-0.1, -0.05) is 0 Å². The van der Waals surface area contributed by atoms with Crippen molar-refractivity contribution in [3.05, 3.63) is 31.9 Å². The third-order valence-electron chi connectivity index (χ3n) is 4.07. The van der Waals surface area contributed by atoms with E-state index in [9.17, 15) is 14.4 Å². The van der Waals surface area contributed by atoms with Gasteiger partial charge in [-0.25, -0.2) is 4.79 Å². The molecule has 1 atom stereocenters. The highest BCUT2D eigenvalue weighted by molar-refractivity contribution is 9.10. The van der Waals surface area contributed by atoms with Crippen molar-refractivity contribution in [2.24, 2.45) is 5.73 Å². The lowest BCUT2D eigenvalue weighted by atomic mass is 10.1. The lowest BCUT2D eigenvalue weighted by Crippen LogP contribution is -2.25. The predicted octanol–water partition coefficient (Wildman–Crippen LogP) is 3.11. The number of amides is 2. The van der Waals surface area contributed by atoms with Gasteiger partial charge < -0.3 is 15.8 Å². The number of hydrogen-bond donors (Lipinski definition) is 2. The Labute approximate surface area is 169 Å². The smallest absolute Gasteiger partial charge is 0.341 e. The van der Waals surface area contributed by atoms with Gasteiger partial charge in [0, 0.05) is 0 Å². The molecule has 0 aliphatic heterocycles. The standard InChI is InChI=1S/C17H21BrN4O4S/c1-6-26-17(25)11-7(2)13(14(19)23)27-16(11)20-15(24)10(5)22-9(4)12(18)8(3)21-22/h10H,6H2,1-5H3,(H2,19,23)(H,20,24). The van der Waals surface area contributed by atoms with Crippen LogP contribution >= 0.6 is 27.3 Å². The summed E-state index contributed by atoms with van der Waals surface area (Å²) >= 11 is 4.39. The summed E-state index contributed by atoms with van der Waals surface area (Å²) in [5.74, 6) is -1.66. The molecule has 8 nitrogen and oxygen atoms in total. The molecular formula is C17H21BrN4O4S. The van der Waals surface area contributed by atoms with Crippen molar-refractivity contribution in [1.29, 1.82) is 0 Å². The summed E-state index contributed by atoms with van der Waals surface area (Å²) in [6.45, 7) is 8.82. The largest absolute Gasteiger partial charge is 0.462 e. The van der Waals surface area contributed by atoms with Crippen LogP contribution in [0.3, 0.4) is 0 Å². The molecular weight excluding hydrogens is 436 g/mol. The molecule has 1 unspecified atom stereocenters. The van der Waals surface area contributed by atoms with E-state index in [0.717, 1.165) is 27.2 Å². The predicted molar refractivity (Wildman–Crippen MR) is 106 cm³/mol. The van der Waals surface area contributed by atoms with E-state index >= 15 is 0 Å². The number of nitrogens with one attached hydrogen (secondary N) is 1. The fraction of sp³-hybridized carbons (Fsp3) is 0.412. The molecule has 0 radical (unpaired) electrons. The molecule has 2 amide bonds. The molecule has 0 bridgehead atoms. The zero-order valence-electron chi connectivity index (χ0n) is 15.7. The van der Waals surface area contributed by atoms with Crippen LogP contribution in [0.4, 0.5) is 5.00 Å². The van der Waals surface area contributed by atoms with Gasteiger partial charge in [0.1, 0.15) is 11.0 Å². The van der Waals surface area contributed by atoms with Crippen LogP contribution in [0.25, 0.3) is 0 Å². The van der Waals surface area contributed by atoms with Crippen molar-refractivity contribution >= 4 is 50.1 Å². The van der Waals surface area contributed by atoms with E-state index in [1.165, 1.54) is 0 Å². The van der Waals surface area contributed by atoms with Crippen molar-refractivity contribution in [2.75, 3.05) is 11.9 Å². The van der Waals surface area contributed by atoms with Gasteiger partial charge in [-0.15, -0.1) is 11.3 Å². The number of esters is 1. The number of rotatable bonds is 6. The Hall–Kier alpha value is -2.20. The molecule has 27 heavy (non-hydrogen) atoms. The van der Waals surface area contributed by atoms with Crippen molar-refractivity contribution in [3.8, 4) is 0 Å². The molecule has 0 saturated carbocycles. The number of anilines is 1. The minimum atomic E-state index is -0.668. The van der Waals surface area contributed by atoms with Crippen LogP contribution in [0.1, 0.15) is 56.9 Å².